The Labute approximate surface area is 164 Å². The molecule has 1 aromatic rings. The van der Waals surface area contributed by atoms with Crippen molar-refractivity contribution in [2.45, 2.75) is 45.1 Å². The van der Waals surface area contributed by atoms with Crippen LogP contribution in [0.5, 0.6) is 0 Å². The number of halogens is 1. The molecule has 3 rings (SSSR count). The summed E-state index contributed by atoms with van der Waals surface area (Å²) < 4.78 is 25.0. The van der Waals surface area contributed by atoms with E-state index in [1.807, 2.05) is 26.8 Å². The maximum Gasteiger partial charge on any atom is 0.410 e. The lowest BCUT2D eigenvalue weighted by Gasteiger charge is -2.49. The summed E-state index contributed by atoms with van der Waals surface area (Å²) in [4.78, 5) is 16.0. The van der Waals surface area contributed by atoms with Crippen molar-refractivity contribution in [2.24, 2.45) is 0 Å². The normalized spacial score (nSPS) is 25.8. The van der Waals surface area contributed by atoms with Crippen LogP contribution in [0.15, 0.2) is 12.1 Å². The van der Waals surface area contributed by atoms with Crippen molar-refractivity contribution in [1.82, 2.24) is 9.80 Å². The lowest BCUT2D eigenvalue weighted by atomic mass is 9.93. The molecule has 152 valence electrons. The summed E-state index contributed by atoms with van der Waals surface area (Å²) in [7, 11) is 0. The number of nitriles is 1. The molecule has 0 radical (unpaired) electrons. The highest BCUT2D eigenvalue weighted by molar-refractivity contribution is 5.68. The third-order valence-corrected chi connectivity index (χ3v) is 5.14. The van der Waals surface area contributed by atoms with E-state index in [1.54, 1.807) is 11.8 Å². The minimum absolute atomic E-state index is 0.0715. The van der Waals surface area contributed by atoms with Gasteiger partial charge in [0.15, 0.2) is 0 Å². The zero-order valence-corrected chi connectivity index (χ0v) is 16.7. The number of amides is 1. The van der Waals surface area contributed by atoms with Crippen molar-refractivity contribution in [3.63, 3.8) is 0 Å². The molecule has 2 atom stereocenters. The van der Waals surface area contributed by atoms with Crippen LogP contribution < -0.4 is 0 Å². The van der Waals surface area contributed by atoms with E-state index in [0.717, 1.165) is 0 Å². The Morgan fingerprint density at radius 1 is 1.43 bits per heavy atom. The quantitative estimate of drug-likeness (QED) is 0.789. The van der Waals surface area contributed by atoms with Gasteiger partial charge in [0.2, 0.25) is 5.79 Å². The van der Waals surface area contributed by atoms with Crippen molar-refractivity contribution in [1.29, 1.82) is 5.26 Å². The van der Waals surface area contributed by atoms with Crippen molar-refractivity contribution in [3.8, 4) is 6.07 Å². The molecule has 1 unspecified atom stereocenters. The first-order chi connectivity index (χ1) is 13.0. The van der Waals surface area contributed by atoms with E-state index >= 15 is 0 Å². The first kappa shape index (κ1) is 20.5. The predicted molar refractivity (Wildman–Crippen MR) is 98.9 cm³/mol. The number of fused-ring (bicyclic) bond motifs is 1. The summed E-state index contributed by atoms with van der Waals surface area (Å²) in [5.41, 5.74) is 0.108. The number of carbonyl (C=O) groups is 1. The van der Waals surface area contributed by atoms with Crippen LogP contribution in [-0.2, 0) is 15.3 Å². The number of hydrogen-bond donors (Lipinski definition) is 1. The Hall–Kier alpha value is -2.21. The van der Waals surface area contributed by atoms with Gasteiger partial charge in [-0.1, -0.05) is 6.07 Å². The number of rotatable bonds is 1. The zero-order chi connectivity index (χ0) is 20.7. The van der Waals surface area contributed by atoms with Gasteiger partial charge in [0.05, 0.1) is 24.8 Å². The van der Waals surface area contributed by atoms with E-state index in [2.05, 4.69) is 4.90 Å². The third-order valence-electron chi connectivity index (χ3n) is 5.14. The number of carbonyl (C=O) groups excluding carboxylic acids is 1. The van der Waals surface area contributed by atoms with Crippen LogP contribution in [0, 0.1) is 24.1 Å². The second-order valence-electron chi connectivity index (χ2n) is 8.35. The number of piperazine rings is 1. The maximum atomic E-state index is 13.8. The van der Waals surface area contributed by atoms with Gasteiger partial charge in [0.1, 0.15) is 17.5 Å². The van der Waals surface area contributed by atoms with E-state index in [9.17, 15) is 19.6 Å². The van der Waals surface area contributed by atoms with E-state index in [4.69, 9.17) is 9.47 Å². The molecule has 0 spiro atoms. The maximum absolute atomic E-state index is 13.8. The second-order valence-corrected chi connectivity index (χ2v) is 8.35. The Kier molecular flexibility index (Phi) is 5.36. The molecule has 1 amide bonds. The topological polar surface area (TPSA) is 86.0 Å². The molecule has 8 heteroatoms. The molecule has 2 aliphatic heterocycles. The van der Waals surface area contributed by atoms with Crippen LogP contribution in [-0.4, -0.2) is 65.4 Å². The number of aliphatic hydroxyl groups is 1. The molecule has 2 fully saturated rings. The number of ether oxygens (including phenoxy) is 2. The minimum atomic E-state index is -1.63. The first-order valence-corrected chi connectivity index (χ1v) is 9.32. The van der Waals surface area contributed by atoms with E-state index in [0.29, 0.717) is 30.8 Å². The molecule has 1 aromatic carbocycles. The first-order valence-electron chi connectivity index (χ1n) is 9.32. The number of nitrogens with zero attached hydrogens (tertiary/aromatic N) is 3. The molecule has 7 nitrogen and oxygen atoms in total. The van der Waals surface area contributed by atoms with Crippen LogP contribution in [0.4, 0.5) is 9.18 Å². The molecule has 0 bridgehead atoms. The number of hydrogen-bond acceptors (Lipinski definition) is 6. The van der Waals surface area contributed by atoms with Gasteiger partial charge in [-0.3, -0.25) is 4.90 Å². The molecular weight excluding hydrogens is 365 g/mol. The molecule has 0 aromatic heterocycles. The van der Waals surface area contributed by atoms with E-state index < -0.39 is 17.2 Å². The monoisotopic (exact) mass is 391 g/mol. The smallest absolute Gasteiger partial charge is 0.410 e. The van der Waals surface area contributed by atoms with Crippen LogP contribution in [0.1, 0.15) is 37.5 Å². The summed E-state index contributed by atoms with van der Waals surface area (Å²) in [6, 6.07) is 4.40. The third kappa shape index (κ3) is 3.97. The van der Waals surface area contributed by atoms with Crippen LogP contribution >= 0.6 is 0 Å². The number of morpholine rings is 1. The van der Waals surface area contributed by atoms with Gasteiger partial charge in [-0.05, 0) is 39.3 Å². The Morgan fingerprint density at radius 2 is 2.14 bits per heavy atom. The van der Waals surface area contributed by atoms with Gasteiger partial charge < -0.3 is 19.5 Å². The highest BCUT2D eigenvalue weighted by Crippen LogP contribution is 2.34. The summed E-state index contributed by atoms with van der Waals surface area (Å²) in [6.45, 7) is 8.93. The Bertz CT molecular complexity index is 817. The van der Waals surface area contributed by atoms with E-state index in [-0.39, 0.29) is 30.9 Å². The fraction of sp³-hybridized carbons (Fsp3) is 0.600. The fourth-order valence-corrected chi connectivity index (χ4v) is 3.71. The molecule has 28 heavy (non-hydrogen) atoms. The lowest BCUT2D eigenvalue weighted by Crippen LogP contribution is -2.63. The van der Waals surface area contributed by atoms with Crippen molar-refractivity contribution < 1.29 is 23.8 Å². The second kappa shape index (κ2) is 7.32. The standard InChI is InChI=1S/C20H26FN3O4/c1-13-15(9-22)17(21)6-5-16(13)20(26)12-24-8-7-23(10-14(24)11-27-20)18(25)28-19(2,3)4/h5-6,14,26H,7-8,10-12H2,1-4H3/t14-,20?/m1/s1. The van der Waals surface area contributed by atoms with Crippen LogP contribution in [0.25, 0.3) is 0 Å². The van der Waals surface area contributed by atoms with Gasteiger partial charge in [-0.2, -0.15) is 5.26 Å². The van der Waals surface area contributed by atoms with E-state index in [1.165, 1.54) is 12.1 Å². The molecule has 0 saturated carbocycles. The zero-order valence-electron chi connectivity index (χ0n) is 16.7. The summed E-state index contributed by atoms with van der Waals surface area (Å²) in [5.74, 6) is -2.25. The summed E-state index contributed by atoms with van der Waals surface area (Å²) in [5, 5.41) is 20.3. The van der Waals surface area contributed by atoms with Crippen molar-refractivity contribution >= 4 is 6.09 Å². The highest BCUT2D eigenvalue weighted by Gasteiger charge is 2.44. The lowest BCUT2D eigenvalue weighted by molar-refractivity contribution is -0.266. The average molecular weight is 391 g/mol. The Balaban J connectivity index is 1.73. The van der Waals surface area contributed by atoms with Gasteiger partial charge >= 0.3 is 6.09 Å². The Morgan fingerprint density at radius 3 is 2.79 bits per heavy atom. The van der Waals surface area contributed by atoms with Gasteiger partial charge in [-0.25, -0.2) is 9.18 Å². The molecule has 0 aliphatic carbocycles. The molecule has 2 aliphatic rings. The van der Waals surface area contributed by atoms with Gasteiger partial charge in [0, 0.05) is 25.2 Å². The fourth-order valence-electron chi connectivity index (χ4n) is 3.71. The highest BCUT2D eigenvalue weighted by atomic mass is 19.1. The molecule has 1 N–H and O–H groups in total. The van der Waals surface area contributed by atoms with Crippen LogP contribution in [0.2, 0.25) is 0 Å². The van der Waals surface area contributed by atoms with Gasteiger partial charge in [0.25, 0.3) is 0 Å². The molecule has 2 saturated heterocycles. The molecule has 2 heterocycles. The summed E-state index contributed by atoms with van der Waals surface area (Å²) >= 11 is 0. The predicted octanol–water partition coefficient (Wildman–Crippen LogP) is 2.10. The average Bonchev–Trinajstić information content (AvgIpc) is 2.60. The van der Waals surface area contributed by atoms with Gasteiger partial charge in [-0.15, -0.1) is 0 Å². The SMILES string of the molecule is Cc1c(C2(O)CN3CCN(C(=O)OC(C)(C)C)C[C@@H]3CO2)ccc(F)c1C#N. The van der Waals surface area contributed by atoms with Crippen molar-refractivity contribution in [2.75, 3.05) is 32.8 Å². The summed E-state index contributed by atoms with van der Waals surface area (Å²) in [6.07, 6.45) is -0.360. The number of benzene rings is 1. The largest absolute Gasteiger partial charge is 0.444 e. The van der Waals surface area contributed by atoms with Crippen LogP contribution in [0.3, 0.4) is 0 Å². The molecular formula is C20H26FN3O4. The minimum Gasteiger partial charge on any atom is -0.444 e. The van der Waals surface area contributed by atoms with Crippen molar-refractivity contribution in [3.05, 3.63) is 34.6 Å².